The summed E-state index contributed by atoms with van der Waals surface area (Å²) in [5.41, 5.74) is 2.30. The van der Waals surface area contributed by atoms with E-state index in [1.54, 1.807) is 6.07 Å². The van der Waals surface area contributed by atoms with Crippen LogP contribution in [0.15, 0.2) is 22.7 Å². The van der Waals surface area contributed by atoms with Gasteiger partial charge in [0.2, 0.25) is 0 Å². The molecule has 1 aliphatic heterocycles. The topological polar surface area (TPSA) is 67.6 Å². The summed E-state index contributed by atoms with van der Waals surface area (Å²) in [5.74, 6) is 0.147. The van der Waals surface area contributed by atoms with Crippen LogP contribution in [-0.2, 0) is 6.54 Å². The Morgan fingerprint density at radius 2 is 2.28 bits per heavy atom. The smallest absolute Gasteiger partial charge is 0.251 e. The zero-order chi connectivity index (χ0) is 18.0. The summed E-state index contributed by atoms with van der Waals surface area (Å²) in [6, 6.07) is 4.26. The minimum atomic E-state index is -0.540. The van der Waals surface area contributed by atoms with Crippen molar-refractivity contribution in [2.24, 2.45) is 0 Å². The van der Waals surface area contributed by atoms with E-state index in [1.165, 1.54) is 19.2 Å². The number of hydrogen-bond donors (Lipinski definition) is 1. The fraction of sp³-hybridized carbons (Fsp3) is 0.444. The zero-order valence-corrected chi connectivity index (χ0v) is 14.6. The second-order valence-electron chi connectivity index (χ2n) is 6.35. The van der Waals surface area contributed by atoms with Crippen molar-refractivity contribution in [2.75, 3.05) is 20.2 Å². The SMILES string of the molecule is COc1ccc(C(=O)NC2CCN(Cc3c(C)noc3C)C2)cc1F. The number of halogens is 1. The number of nitrogens with zero attached hydrogens (tertiary/aromatic N) is 2. The molecule has 7 heteroatoms. The maximum atomic E-state index is 13.7. The third-order valence-corrected chi connectivity index (χ3v) is 4.58. The molecule has 134 valence electrons. The second kappa shape index (κ2) is 7.23. The molecule has 3 rings (SSSR count). The number of methoxy groups -OCH3 is 1. The van der Waals surface area contributed by atoms with E-state index in [2.05, 4.69) is 15.4 Å². The average molecular weight is 347 g/mol. The summed E-state index contributed by atoms with van der Waals surface area (Å²) in [6.45, 7) is 6.22. The Morgan fingerprint density at radius 3 is 2.92 bits per heavy atom. The van der Waals surface area contributed by atoms with Gasteiger partial charge in [-0.05, 0) is 38.5 Å². The molecule has 1 aromatic heterocycles. The van der Waals surface area contributed by atoms with Crippen LogP contribution < -0.4 is 10.1 Å². The number of ether oxygens (including phenoxy) is 1. The second-order valence-corrected chi connectivity index (χ2v) is 6.35. The summed E-state index contributed by atoms with van der Waals surface area (Å²) >= 11 is 0. The number of rotatable bonds is 5. The molecule has 1 amide bonds. The molecule has 0 bridgehead atoms. The van der Waals surface area contributed by atoms with Crippen molar-refractivity contribution in [3.8, 4) is 5.75 Å². The van der Waals surface area contributed by atoms with Crippen molar-refractivity contribution in [1.82, 2.24) is 15.4 Å². The molecular formula is C18H22FN3O3. The van der Waals surface area contributed by atoms with Crippen LogP contribution in [0, 0.1) is 19.7 Å². The molecule has 2 heterocycles. The first kappa shape index (κ1) is 17.4. The van der Waals surface area contributed by atoms with Gasteiger partial charge in [-0.1, -0.05) is 5.16 Å². The fourth-order valence-corrected chi connectivity index (χ4v) is 3.12. The summed E-state index contributed by atoms with van der Waals surface area (Å²) < 4.78 is 23.8. The number of aryl methyl sites for hydroxylation is 2. The molecule has 1 saturated heterocycles. The quantitative estimate of drug-likeness (QED) is 0.900. The van der Waals surface area contributed by atoms with Gasteiger partial charge in [0.15, 0.2) is 11.6 Å². The van der Waals surface area contributed by atoms with Gasteiger partial charge in [-0.15, -0.1) is 0 Å². The fourth-order valence-electron chi connectivity index (χ4n) is 3.12. The van der Waals surface area contributed by atoms with Crippen LogP contribution >= 0.6 is 0 Å². The molecular weight excluding hydrogens is 325 g/mol. The number of amides is 1. The molecule has 1 aromatic carbocycles. The zero-order valence-electron chi connectivity index (χ0n) is 14.6. The van der Waals surface area contributed by atoms with Crippen molar-refractivity contribution < 1.29 is 18.4 Å². The van der Waals surface area contributed by atoms with Crippen molar-refractivity contribution in [3.05, 3.63) is 46.6 Å². The molecule has 1 atom stereocenters. The number of likely N-dealkylation sites (tertiary alicyclic amines) is 1. The molecule has 0 spiro atoms. The maximum Gasteiger partial charge on any atom is 0.251 e. The van der Waals surface area contributed by atoms with Gasteiger partial charge in [0, 0.05) is 36.8 Å². The lowest BCUT2D eigenvalue weighted by Crippen LogP contribution is -2.37. The maximum absolute atomic E-state index is 13.7. The normalized spacial score (nSPS) is 17.7. The van der Waals surface area contributed by atoms with Crippen LogP contribution in [-0.4, -0.2) is 42.2 Å². The van der Waals surface area contributed by atoms with Crippen molar-refractivity contribution in [2.45, 2.75) is 32.9 Å². The average Bonchev–Trinajstić information content (AvgIpc) is 3.16. The third-order valence-electron chi connectivity index (χ3n) is 4.58. The molecule has 1 fully saturated rings. The van der Waals surface area contributed by atoms with Crippen LogP contribution in [0.25, 0.3) is 0 Å². The van der Waals surface area contributed by atoms with Gasteiger partial charge in [-0.25, -0.2) is 4.39 Å². The molecule has 0 aliphatic carbocycles. The Kier molecular flexibility index (Phi) is 5.03. The lowest BCUT2D eigenvalue weighted by atomic mass is 10.1. The predicted octanol–water partition coefficient (Wildman–Crippen LogP) is 2.44. The van der Waals surface area contributed by atoms with Crippen LogP contribution in [0.4, 0.5) is 4.39 Å². The van der Waals surface area contributed by atoms with E-state index in [9.17, 15) is 9.18 Å². The van der Waals surface area contributed by atoms with E-state index in [4.69, 9.17) is 9.26 Å². The number of carbonyl (C=O) groups excluding carboxylic acids is 1. The Balaban J connectivity index is 1.57. The Morgan fingerprint density at radius 1 is 1.48 bits per heavy atom. The van der Waals surface area contributed by atoms with Crippen LogP contribution in [0.3, 0.4) is 0 Å². The minimum Gasteiger partial charge on any atom is -0.494 e. The van der Waals surface area contributed by atoms with Gasteiger partial charge in [0.05, 0.1) is 12.8 Å². The first-order valence-electron chi connectivity index (χ1n) is 8.26. The van der Waals surface area contributed by atoms with Gasteiger partial charge in [-0.2, -0.15) is 0 Å². The van der Waals surface area contributed by atoms with Crippen LogP contribution in [0.5, 0.6) is 5.75 Å². The van der Waals surface area contributed by atoms with Crippen LogP contribution in [0.1, 0.15) is 33.8 Å². The Hall–Kier alpha value is -2.41. The largest absolute Gasteiger partial charge is 0.494 e. The molecule has 1 N–H and O–H groups in total. The van der Waals surface area contributed by atoms with Gasteiger partial charge in [0.1, 0.15) is 5.76 Å². The highest BCUT2D eigenvalue weighted by Crippen LogP contribution is 2.20. The monoisotopic (exact) mass is 347 g/mol. The molecule has 1 aliphatic rings. The first-order chi connectivity index (χ1) is 12.0. The lowest BCUT2D eigenvalue weighted by molar-refractivity contribution is 0.0937. The number of benzene rings is 1. The molecule has 6 nitrogen and oxygen atoms in total. The van der Waals surface area contributed by atoms with E-state index < -0.39 is 5.82 Å². The van der Waals surface area contributed by atoms with Gasteiger partial charge in [0.25, 0.3) is 5.91 Å². The Bertz CT molecular complexity index is 755. The van der Waals surface area contributed by atoms with Crippen LogP contribution in [0.2, 0.25) is 0 Å². The van der Waals surface area contributed by atoms with E-state index in [0.717, 1.165) is 43.1 Å². The van der Waals surface area contributed by atoms with E-state index >= 15 is 0 Å². The number of carbonyl (C=O) groups is 1. The first-order valence-corrected chi connectivity index (χ1v) is 8.26. The molecule has 0 radical (unpaired) electrons. The van der Waals surface area contributed by atoms with Gasteiger partial charge in [-0.3, -0.25) is 9.69 Å². The number of nitrogens with one attached hydrogen (secondary N) is 1. The number of hydrogen-bond acceptors (Lipinski definition) is 5. The summed E-state index contributed by atoms with van der Waals surface area (Å²) in [4.78, 5) is 14.6. The molecule has 25 heavy (non-hydrogen) atoms. The van der Waals surface area contributed by atoms with Gasteiger partial charge < -0.3 is 14.6 Å². The molecule has 0 saturated carbocycles. The van der Waals surface area contributed by atoms with E-state index in [1.807, 2.05) is 13.8 Å². The van der Waals surface area contributed by atoms with Crippen molar-refractivity contribution >= 4 is 5.91 Å². The molecule has 2 aromatic rings. The number of aromatic nitrogens is 1. The predicted molar refractivity (Wildman–Crippen MR) is 90.1 cm³/mol. The van der Waals surface area contributed by atoms with Crippen molar-refractivity contribution in [1.29, 1.82) is 0 Å². The standard InChI is InChI=1S/C18H22FN3O3/c1-11-15(12(2)25-21-11)10-22-7-6-14(9-22)20-18(23)13-4-5-17(24-3)16(19)8-13/h4-5,8,14H,6-7,9-10H2,1-3H3,(H,20,23). The van der Waals surface area contributed by atoms with Gasteiger partial charge >= 0.3 is 0 Å². The van der Waals surface area contributed by atoms with E-state index in [0.29, 0.717) is 5.56 Å². The summed E-state index contributed by atoms with van der Waals surface area (Å²) in [6.07, 6.45) is 0.855. The Labute approximate surface area is 145 Å². The highest BCUT2D eigenvalue weighted by Gasteiger charge is 2.26. The third kappa shape index (κ3) is 3.82. The summed E-state index contributed by atoms with van der Waals surface area (Å²) in [7, 11) is 1.39. The minimum absolute atomic E-state index is 0.0399. The highest BCUT2D eigenvalue weighted by molar-refractivity contribution is 5.94. The van der Waals surface area contributed by atoms with Crippen molar-refractivity contribution in [3.63, 3.8) is 0 Å². The summed E-state index contributed by atoms with van der Waals surface area (Å²) in [5, 5.41) is 6.94. The lowest BCUT2D eigenvalue weighted by Gasteiger charge is -2.16. The molecule has 1 unspecified atom stereocenters. The highest BCUT2D eigenvalue weighted by atomic mass is 19.1. The van der Waals surface area contributed by atoms with E-state index in [-0.39, 0.29) is 17.7 Å².